The number of amides is 1. The van der Waals surface area contributed by atoms with Gasteiger partial charge in [0.15, 0.2) is 0 Å². The summed E-state index contributed by atoms with van der Waals surface area (Å²) in [6.07, 6.45) is 0.113. The van der Waals surface area contributed by atoms with Gasteiger partial charge in [-0.15, -0.1) is 0 Å². The molecule has 0 saturated heterocycles. The van der Waals surface area contributed by atoms with E-state index in [0.29, 0.717) is 33.5 Å². The van der Waals surface area contributed by atoms with Crippen LogP contribution in [-0.2, 0) is 14.3 Å². The van der Waals surface area contributed by atoms with Gasteiger partial charge in [0.25, 0.3) is 0 Å². The first-order chi connectivity index (χ1) is 13.9. The van der Waals surface area contributed by atoms with Gasteiger partial charge in [-0.05, 0) is 30.7 Å². The van der Waals surface area contributed by atoms with Crippen molar-refractivity contribution in [2.45, 2.75) is 19.3 Å². The Balaban J connectivity index is 1.84. The fourth-order valence-corrected chi connectivity index (χ4v) is 4.02. The molecule has 0 bridgehead atoms. The van der Waals surface area contributed by atoms with Crippen molar-refractivity contribution in [2.75, 3.05) is 25.7 Å². The maximum absolute atomic E-state index is 13.2. The summed E-state index contributed by atoms with van der Waals surface area (Å²) in [5.41, 5.74) is 3.30. The smallest absolute Gasteiger partial charge is 0.336 e. The molecule has 2 heterocycles. The second-order valence-corrected chi connectivity index (χ2v) is 7.37. The molecule has 0 aromatic heterocycles. The van der Waals surface area contributed by atoms with Crippen LogP contribution in [0.5, 0.6) is 11.5 Å². The lowest BCUT2D eigenvalue weighted by molar-refractivity contribution is -0.136. The van der Waals surface area contributed by atoms with Gasteiger partial charge in [-0.3, -0.25) is 9.69 Å². The monoisotopic (exact) mass is 413 g/mol. The van der Waals surface area contributed by atoms with E-state index in [9.17, 15) is 9.59 Å². The van der Waals surface area contributed by atoms with E-state index in [1.165, 1.54) is 4.90 Å². The molecule has 2 aromatic carbocycles. The normalized spacial score (nSPS) is 18.6. The minimum Gasteiger partial charge on any atom is -0.497 e. The molecule has 7 heteroatoms. The van der Waals surface area contributed by atoms with Gasteiger partial charge < -0.3 is 14.2 Å². The summed E-state index contributed by atoms with van der Waals surface area (Å²) in [7, 11) is 3.12. The van der Waals surface area contributed by atoms with Gasteiger partial charge >= 0.3 is 5.97 Å². The first kappa shape index (κ1) is 19.3. The molecule has 29 heavy (non-hydrogen) atoms. The standard InChI is InChI=1S/C22H20ClNO5/c1-12-4-5-13(8-17(12)23)24-18-11-29-22(26)21(18)16(10-20(24)25)15-7-6-14(27-2)9-19(15)28-3/h4-9,16H,10-11H2,1-3H3. The molecule has 2 aliphatic heterocycles. The minimum atomic E-state index is -0.453. The second-order valence-electron chi connectivity index (χ2n) is 6.96. The number of rotatable bonds is 4. The zero-order valence-electron chi connectivity index (χ0n) is 16.3. The van der Waals surface area contributed by atoms with Crippen LogP contribution >= 0.6 is 11.6 Å². The number of nitrogens with zero attached hydrogens (tertiary/aromatic N) is 1. The molecule has 0 aliphatic carbocycles. The molecular formula is C22H20ClNO5. The van der Waals surface area contributed by atoms with Gasteiger partial charge in [0.2, 0.25) is 5.91 Å². The lowest BCUT2D eigenvalue weighted by Gasteiger charge is -2.32. The maximum Gasteiger partial charge on any atom is 0.336 e. The lowest BCUT2D eigenvalue weighted by atomic mass is 9.83. The molecule has 0 fully saturated rings. The van der Waals surface area contributed by atoms with Crippen LogP contribution in [0.1, 0.15) is 23.5 Å². The number of halogens is 1. The number of carbonyl (C=O) groups is 2. The average molecular weight is 414 g/mol. The number of hydrogen-bond donors (Lipinski definition) is 0. The summed E-state index contributed by atoms with van der Waals surface area (Å²) in [6.45, 7) is 1.93. The summed E-state index contributed by atoms with van der Waals surface area (Å²) in [5, 5.41) is 0.557. The van der Waals surface area contributed by atoms with E-state index in [4.69, 9.17) is 25.8 Å². The van der Waals surface area contributed by atoms with Crippen LogP contribution in [0.15, 0.2) is 47.7 Å². The molecule has 150 valence electrons. The summed E-state index contributed by atoms with van der Waals surface area (Å²) in [5.74, 6) is 0.182. The summed E-state index contributed by atoms with van der Waals surface area (Å²) < 4.78 is 16.1. The fourth-order valence-electron chi connectivity index (χ4n) is 3.85. The van der Waals surface area contributed by atoms with Gasteiger partial charge in [-0.25, -0.2) is 4.79 Å². The Bertz CT molecular complexity index is 1050. The Morgan fingerprint density at radius 1 is 1.10 bits per heavy atom. The zero-order valence-corrected chi connectivity index (χ0v) is 17.1. The molecule has 2 aliphatic rings. The Kier molecular flexibility index (Phi) is 4.96. The molecule has 0 spiro atoms. The number of hydrogen-bond acceptors (Lipinski definition) is 5. The SMILES string of the molecule is COc1ccc(C2CC(=O)N(c3ccc(C)c(Cl)c3)C3=C2C(=O)OC3)c(OC)c1. The van der Waals surface area contributed by atoms with Crippen molar-refractivity contribution >= 4 is 29.2 Å². The van der Waals surface area contributed by atoms with E-state index >= 15 is 0 Å². The minimum absolute atomic E-state index is 0.0420. The molecular weight excluding hydrogens is 394 g/mol. The third-order valence-corrected chi connectivity index (χ3v) is 5.75. The first-order valence-corrected chi connectivity index (χ1v) is 9.53. The van der Waals surface area contributed by atoms with E-state index in [1.807, 2.05) is 25.1 Å². The number of anilines is 1. The Labute approximate surface area is 173 Å². The molecule has 1 atom stereocenters. The topological polar surface area (TPSA) is 65.1 Å². The van der Waals surface area contributed by atoms with Crippen LogP contribution in [0.25, 0.3) is 0 Å². The van der Waals surface area contributed by atoms with Crippen molar-refractivity contribution in [1.82, 2.24) is 0 Å². The van der Waals surface area contributed by atoms with Gasteiger partial charge in [0, 0.05) is 29.0 Å². The van der Waals surface area contributed by atoms with Gasteiger partial charge in [-0.2, -0.15) is 0 Å². The van der Waals surface area contributed by atoms with Crippen molar-refractivity contribution in [2.24, 2.45) is 0 Å². The van der Waals surface area contributed by atoms with Crippen LogP contribution in [0.2, 0.25) is 5.02 Å². The van der Waals surface area contributed by atoms with Crippen molar-refractivity contribution in [3.8, 4) is 11.5 Å². The van der Waals surface area contributed by atoms with E-state index in [1.54, 1.807) is 32.4 Å². The largest absolute Gasteiger partial charge is 0.497 e. The number of cyclic esters (lactones) is 1. The first-order valence-electron chi connectivity index (χ1n) is 9.15. The molecule has 1 unspecified atom stereocenters. The third-order valence-electron chi connectivity index (χ3n) is 5.35. The quantitative estimate of drug-likeness (QED) is 0.709. The molecule has 4 rings (SSSR count). The van der Waals surface area contributed by atoms with Crippen LogP contribution in [0.4, 0.5) is 5.69 Å². The number of methoxy groups -OCH3 is 2. The maximum atomic E-state index is 13.2. The Morgan fingerprint density at radius 3 is 2.59 bits per heavy atom. The predicted molar refractivity (Wildman–Crippen MR) is 109 cm³/mol. The van der Waals surface area contributed by atoms with Crippen LogP contribution < -0.4 is 14.4 Å². The number of aryl methyl sites for hydroxylation is 1. The van der Waals surface area contributed by atoms with Gasteiger partial charge in [0.05, 0.1) is 31.2 Å². The number of carbonyl (C=O) groups excluding carboxylic acids is 2. The van der Waals surface area contributed by atoms with E-state index in [2.05, 4.69) is 0 Å². The zero-order chi connectivity index (χ0) is 20.7. The molecule has 0 N–H and O–H groups in total. The highest BCUT2D eigenvalue weighted by Crippen LogP contribution is 2.45. The van der Waals surface area contributed by atoms with Crippen molar-refractivity contribution < 1.29 is 23.8 Å². The van der Waals surface area contributed by atoms with Crippen LogP contribution in [0.3, 0.4) is 0 Å². The summed E-state index contributed by atoms with van der Waals surface area (Å²) in [4.78, 5) is 27.3. The van der Waals surface area contributed by atoms with E-state index in [-0.39, 0.29) is 18.9 Å². The van der Waals surface area contributed by atoms with Gasteiger partial charge in [0.1, 0.15) is 18.1 Å². The average Bonchev–Trinajstić information content (AvgIpc) is 3.10. The van der Waals surface area contributed by atoms with Crippen LogP contribution in [0, 0.1) is 6.92 Å². The van der Waals surface area contributed by atoms with Crippen molar-refractivity contribution in [3.05, 3.63) is 63.8 Å². The molecule has 0 saturated carbocycles. The highest BCUT2D eigenvalue weighted by molar-refractivity contribution is 6.31. The Hall–Kier alpha value is -2.99. The molecule has 1 amide bonds. The van der Waals surface area contributed by atoms with E-state index < -0.39 is 11.9 Å². The van der Waals surface area contributed by atoms with Crippen molar-refractivity contribution in [1.29, 1.82) is 0 Å². The Morgan fingerprint density at radius 2 is 1.90 bits per heavy atom. The summed E-state index contributed by atoms with van der Waals surface area (Å²) in [6, 6.07) is 10.8. The number of esters is 1. The van der Waals surface area contributed by atoms with Crippen LogP contribution in [-0.4, -0.2) is 32.7 Å². The predicted octanol–water partition coefficient (Wildman–Crippen LogP) is 4.00. The van der Waals surface area contributed by atoms with Gasteiger partial charge in [-0.1, -0.05) is 23.7 Å². The van der Waals surface area contributed by atoms with E-state index in [0.717, 1.165) is 11.1 Å². The summed E-state index contributed by atoms with van der Waals surface area (Å²) >= 11 is 6.26. The second kappa shape index (κ2) is 7.44. The third kappa shape index (κ3) is 3.23. The molecule has 2 aromatic rings. The number of ether oxygens (including phenoxy) is 3. The fraction of sp³-hybridized carbons (Fsp3) is 0.273. The molecule has 6 nitrogen and oxygen atoms in total. The lowest BCUT2D eigenvalue weighted by Crippen LogP contribution is -2.37. The molecule has 0 radical (unpaired) electrons. The highest BCUT2D eigenvalue weighted by Gasteiger charge is 2.43. The van der Waals surface area contributed by atoms with Crippen molar-refractivity contribution in [3.63, 3.8) is 0 Å². The highest BCUT2D eigenvalue weighted by atomic mass is 35.5. The number of benzene rings is 2.